The van der Waals surface area contributed by atoms with E-state index in [-0.39, 0.29) is 0 Å². The Morgan fingerprint density at radius 2 is 2.40 bits per heavy atom. The third kappa shape index (κ3) is 1.96. The van der Waals surface area contributed by atoms with Crippen LogP contribution in [0.15, 0.2) is 0 Å². The van der Waals surface area contributed by atoms with Crippen molar-refractivity contribution in [3.8, 4) is 0 Å². The van der Waals surface area contributed by atoms with E-state index < -0.39 is 0 Å². The fourth-order valence-electron chi connectivity index (χ4n) is 1.65. The summed E-state index contributed by atoms with van der Waals surface area (Å²) in [5, 5.41) is 3.48. The van der Waals surface area contributed by atoms with Crippen molar-refractivity contribution in [1.82, 2.24) is 5.32 Å². The molecule has 1 aliphatic heterocycles. The molecule has 0 aromatic heterocycles. The van der Waals surface area contributed by atoms with Crippen LogP contribution in [-0.2, 0) is 0 Å². The largest absolute Gasteiger partial charge is 0.330 e. The molecule has 1 rings (SSSR count). The molecule has 0 saturated carbocycles. The third-order valence-corrected chi connectivity index (χ3v) is 2.28. The summed E-state index contributed by atoms with van der Waals surface area (Å²) < 4.78 is 0. The van der Waals surface area contributed by atoms with Gasteiger partial charge in [0.05, 0.1) is 0 Å². The number of hydrogen-bond acceptors (Lipinski definition) is 2. The minimum Gasteiger partial charge on any atom is -0.330 e. The molecule has 0 amide bonds. The van der Waals surface area contributed by atoms with E-state index in [1.54, 1.807) is 0 Å². The van der Waals surface area contributed by atoms with Crippen LogP contribution >= 0.6 is 0 Å². The van der Waals surface area contributed by atoms with E-state index in [0.717, 1.165) is 25.0 Å². The normalized spacial score (nSPS) is 33.0. The molecule has 2 heteroatoms. The molecule has 2 nitrogen and oxygen atoms in total. The van der Waals surface area contributed by atoms with Gasteiger partial charge in [-0.25, -0.2) is 0 Å². The molecule has 0 aliphatic carbocycles. The molecule has 0 spiro atoms. The smallest absolute Gasteiger partial charge is 0.00706 e. The van der Waals surface area contributed by atoms with Crippen LogP contribution in [0.25, 0.3) is 0 Å². The molecule has 1 aliphatic rings. The first kappa shape index (κ1) is 8.02. The zero-order valence-electron chi connectivity index (χ0n) is 6.77. The lowest BCUT2D eigenvalue weighted by atomic mass is 10.0. The number of nitrogens with one attached hydrogen (secondary N) is 1. The van der Waals surface area contributed by atoms with Crippen LogP contribution in [0, 0.1) is 5.92 Å². The maximum Gasteiger partial charge on any atom is 0.00706 e. The van der Waals surface area contributed by atoms with Crippen LogP contribution in [0.2, 0.25) is 0 Å². The van der Waals surface area contributed by atoms with E-state index >= 15 is 0 Å². The number of hydrogen-bond donors (Lipinski definition) is 2. The molecule has 0 bridgehead atoms. The molecule has 3 N–H and O–H groups in total. The van der Waals surface area contributed by atoms with Crippen molar-refractivity contribution in [2.45, 2.75) is 32.2 Å². The van der Waals surface area contributed by atoms with Crippen LogP contribution in [0.3, 0.4) is 0 Å². The highest BCUT2D eigenvalue weighted by Gasteiger charge is 2.21. The Morgan fingerprint density at radius 3 is 2.90 bits per heavy atom. The van der Waals surface area contributed by atoms with E-state index in [4.69, 9.17) is 5.73 Å². The highest BCUT2D eigenvalue weighted by atomic mass is 15.0. The van der Waals surface area contributed by atoms with Gasteiger partial charge in [-0.2, -0.15) is 0 Å². The average molecular weight is 142 g/mol. The van der Waals surface area contributed by atoms with Gasteiger partial charge in [-0.1, -0.05) is 13.3 Å². The first-order valence-electron chi connectivity index (χ1n) is 4.30. The molecule has 10 heavy (non-hydrogen) atoms. The topological polar surface area (TPSA) is 38.0 Å². The van der Waals surface area contributed by atoms with E-state index in [0.29, 0.717) is 0 Å². The molecule has 1 heterocycles. The van der Waals surface area contributed by atoms with Gasteiger partial charge < -0.3 is 11.1 Å². The van der Waals surface area contributed by atoms with Crippen molar-refractivity contribution in [1.29, 1.82) is 0 Å². The zero-order valence-corrected chi connectivity index (χ0v) is 6.77. The average Bonchev–Trinajstić information content (AvgIpc) is 2.37. The highest BCUT2D eigenvalue weighted by Crippen LogP contribution is 2.15. The van der Waals surface area contributed by atoms with Gasteiger partial charge in [0.25, 0.3) is 0 Å². The van der Waals surface area contributed by atoms with E-state index in [2.05, 4.69) is 12.2 Å². The maximum atomic E-state index is 5.55. The SMILES string of the molecule is CCC[C@@H]1C[C@H](CN)CN1. The van der Waals surface area contributed by atoms with Crippen molar-refractivity contribution >= 4 is 0 Å². The van der Waals surface area contributed by atoms with Gasteiger partial charge in [0.1, 0.15) is 0 Å². The second-order valence-electron chi connectivity index (χ2n) is 3.23. The van der Waals surface area contributed by atoms with Crippen molar-refractivity contribution in [2.24, 2.45) is 11.7 Å². The van der Waals surface area contributed by atoms with Gasteiger partial charge in [-0.15, -0.1) is 0 Å². The minimum atomic E-state index is 0.747. The predicted octanol–water partition coefficient (Wildman–Crippen LogP) is 0.723. The van der Waals surface area contributed by atoms with Crippen LogP contribution in [0.5, 0.6) is 0 Å². The summed E-state index contributed by atoms with van der Waals surface area (Å²) in [6.07, 6.45) is 3.90. The van der Waals surface area contributed by atoms with Crippen molar-refractivity contribution in [3.05, 3.63) is 0 Å². The van der Waals surface area contributed by atoms with Gasteiger partial charge in [0, 0.05) is 6.04 Å². The Bertz CT molecular complexity index is 93.3. The number of rotatable bonds is 3. The monoisotopic (exact) mass is 142 g/mol. The molecule has 0 unspecified atom stereocenters. The fourth-order valence-corrected chi connectivity index (χ4v) is 1.65. The summed E-state index contributed by atoms with van der Waals surface area (Å²) in [4.78, 5) is 0. The number of nitrogens with two attached hydrogens (primary N) is 1. The molecule has 2 atom stereocenters. The molecule has 0 aromatic carbocycles. The molecular weight excluding hydrogens is 124 g/mol. The molecule has 0 radical (unpaired) electrons. The van der Waals surface area contributed by atoms with Gasteiger partial charge in [-0.3, -0.25) is 0 Å². The van der Waals surface area contributed by atoms with Gasteiger partial charge in [0.15, 0.2) is 0 Å². The summed E-state index contributed by atoms with van der Waals surface area (Å²) >= 11 is 0. The second kappa shape index (κ2) is 3.94. The van der Waals surface area contributed by atoms with Gasteiger partial charge in [0.2, 0.25) is 0 Å². The lowest BCUT2D eigenvalue weighted by Crippen LogP contribution is -2.21. The highest BCUT2D eigenvalue weighted by molar-refractivity contribution is 4.81. The van der Waals surface area contributed by atoms with Crippen molar-refractivity contribution in [3.63, 3.8) is 0 Å². The molecule has 1 fully saturated rings. The zero-order chi connectivity index (χ0) is 7.40. The van der Waals surface area contributed by atoms with E-state index in [9.17, 15) is 0 Å². The molecular formula is C8H18N2. The van der Waals surface area contributed by atoms with Crippen molar-refractivity contribution < 1.29 is 0 Å². The summed E-state index contributed by atoms with van der Waals surface area (Å²) in [6.45, 7) is 4.23. The second-order valence-corrected chi connectivity index (χ2v) is 3.23. The third-order valence-electron chi connectivity index (χ3n) is 2.28. The Morgan fingerprint density at radius 1 is 1.60 bits per heavy atom. The Kier molecular flexibility index (Phi) is 3.16. The standard InChI is InChI=1S/C8H18N2/c1-2-3-8-4-7(5-9)6-10-8/h7-8,10H,2-6,9H2,1H3/t7-,8-/m1/s1. The van der Waals surface area contributed by atoms with Crippen LogP contribution < -0.4 is 11.1 Å². The van der Waals surface area contributed by atoms with Crippen molar-refractivity contribution in [2.75, 3.05) is 13.1 Å². The van der Waals surface area contributed by atoms with Gasteiger partial charge in [-0.05, 0) is 31.8 Å². The summed E-state index contributed by atoms with van der Waals surface area (Å²) in [5.74, 6) is 0.747. The lowest BCUT2D eigenvalue weighted by molar-refractivity contribution is 0.526. The summed E-state index contributed by atoms with van der Waals surface area (Å²) in [7, 11) is 0. The molecule has 1 saturated heterocycles. The van der Waals surface area contributed by atoms with E-state index in [1.165, 1.54) is 19.3 Å². The Hall–Kier alpha value is -0.0800. The quantitative estimate of drug-likeness (QED) is 0.609. The van der Waals surface area contributed by atoms with Gasteiger partial charge >= 0.3 is 0 Å². The Balaban J connectivity index is 2.15. The Labute approximate surface area is 63.2 Å². The first-order valence-corrected chi connectivity index (χ1v) is 4.30. The van der Waals surface area contributed by atoms with Crippen LogP contribution in [0.4, 0.5) is 0 Å². The summed E-state index contributed by atoms with van der Waals surface area (Å²) in [5.41, 5.74) is 5.55. The molecule has 0 aromatic rings. The van der Waals surface area contributed by atoms with Crippen LogP contribution in [0.1, 0.15) is 26.2 Å². The van der Waals surface area contributed by atoms with Crippen LogP contribution in [-0.4, -0.2) is 19.1 Å². The predicted molar refractivity (Wildman–Crippen MR) is 43.9 cm³/mol. The minimum absolute atomic E-state index is 0.747. The maximum absolute atomic E-state index is 5.55. The fraction of sp³-hybridized carbons (Fsp3) is 1.00. The van der Waals surface area contributed by atoms with E-state index in [1.807, 2.05) is 0 Å². The lowest BCUT2D eigenvalue weighted by Gasteiger charge is -2.06. The molecule has 60 valence electrons. The first-order chi connectivity index (χ1) is 4.86. The summed E-state index contributed by atoms with van der Waals surface area (Å²) in [6, 6.07) is 0.763.